The standard InChI is InChI=1S/C20H26N4O/c1-15-9-11-24(12-10-15)19-8-7-17(13-22-19)20(25)23-14-18(21)16-5-3-2-4-6-16/h2-8,13,15,18H,9-12,14,21H2,1H3,(H,23,25). The maximum atomic E-state index is 12.3. The van der Waals surface area contributed by atoms with Crippen LogP contribution < -0.4 is 16.0 Å². The highest BCUT2D eigenvalue weighted by atomic mass is 16.1. The summed E-state index contributed by atoms with van der Waals surface area (Å²) in [6.07, 6.45) is 4.04. The number of pyridine rings is 1. The Morgan fingerprint density at radius 3 is 2.60 bits per heavy atom. The van der Waals surface area contributed by atoms with Gasteiger partial charge in [0.25, 0.3) is 5.91 Å². The van der Waals surface area contributed by atoms with Crippen LogP contribution in [0.25, 0.3) is 0 Å². The van der Waals surface area contributed by atoms with Crippen molar-refractivity contribution < 1.29 is 4.79 Å². The molecule has 1 aromatic carbocycles. The molecule has 1 aromatic heterocycles. The van der Waals surface area contributed by atoms with Crippen molar-refractivity contribution in [2.45, 2.75) is 25.8 Å². The number of amides is 1. The number of anilines is 1. The van der Waals surface area contributed by atoms with E-state index >= 15 is 0 Å². The molecule has 2 aromatic rings. The van der Waals surface area contributed by atoms with Crippen molar-refractivity contribution >= 4 is 11.7 Å². The predicted molar refractivity (Wildman–Crippen MR) is 101 cm³/mol. The second kappa shape index (κ2) is 8.12. The van der Waals surface area contributed by atoms with E-state index in [1.54, 1.807) is 6.20 Å². The molecule has 0 bridgehead atoms. The second-order valence-electron chi connectivity index (χ2n) is 6.80. The number of nitrogens with one attached hydrogen (secondary N) is 1. The van der Waals surface area contributed by atoms with Crippen molar-refractivity contribution in [3.63, 3.8) is 0 Å². The highest BCUT2D eigenvalue weighted by Crippen LogP contribution is 2.21. The van der Waals surface area contributed by atoms with Crippen LogP contribution in [-0.2, 0) is 0 Å². The van der Waals surface area contributed by atoms with Gasteiger partial charge in [-0.25, -0.2) is 4.98 Å². The Labute approximate surface area is 149 Å². The van der Waals surface area contributed by atoms with Crippen LogP contribution in [0.5, 0.6) is 0 Å². The molecule has 1 unspecified atom stereocenters. The van der Waals surface area contributed by atoms with E-state index in [0.717, 1.165) is 30.4 Å². The SMILES string of the molecule is CC1CCN(c2ccc(C(=O)NCC(N)c3ccccc3)cn2)CC1. The second-order valence-corrected chi connectivity index (χ2v) is 6.80. The number of benzene rings is 1. The molecule has 0 spiro atoms. The van der Waals surface area contributed by atoms with Crippen molar-refractivity contribution in [1.29, 1.82) is 0 Å². The van der Waals surface area contributed by atoms with Crippen LogP contribution in [0, 0.1) is 5.92 Å². The average Bonchev–Trinajstić information content (AvgIpc) is 2.67. The van der Waals surface area contributed by atoms with Gasteiger partial charge in [-0.15, -0.1) is 0 Å². The summed E-state index contributed by atoms with van der Waals surface area (Å²) < 4.78 is 0. The number of rotatable bonds is 5. The third kappa shape index (κ3) is 4.57. The lowest BCUT2D eigenvalue weighted by atomic mass is 9.99. The maximum absolute atomic E-state index is 12.3. The fourth-order valence-corrected chi connectivity index (χ4v) is 3.07. The van der Waals surface area contributed by atoms with Crippen molar-refractivity contribution in [3.8, 4) is 0 Å². The predicted octanol–water partition coefficient (Wildman–Crippen LogP) is 2.75. The molecule has 2 heterocycles. The number of nitrogens with two attached hydrogens (primary N) is 1. The Morgan fingerprint density at radius 2 is 1.96 bits per heavy atom. The molecule has 1 atom stereocenters. The topological polar surface area (TPSA) is 71.2 Å². The third-order valence-electron chi connectivity index (χ3n) is 4.83. The molecule has 25 heavy (non-hydrogen) atoms. The monoisotopic (exact) mass is 338 g/mol. The molecule has 3 N–H and O–H groups in total. The number of hydrogen-bond donors (Lipinski definition) is 2. The molecule has 5 nitrogen and oxygen atoms in total. The number of carbonyl (C=O) groups is 1. The Morgan fingerprint density at radius 1 is 1.24 bits per heavy atom. The first-order chi connectivity index (χ1) is 12.1. The van der Waals surface area contributed by atoms with Crippen LogP contribution in [0.4, 0.5) is 5.82 Å². The fraction of sp³-hybridized carbons (Fsp3) is 0.400. The van der Waals surface area contributed by atoms with Crippen LogP contribution >= 0.6 is 0 Å². The van der Waals surface area contributed by atoms with Gasteiger partial charge in [0.15, 0.2) is 0 Å². The van der Waals surface area contributed by atoms with E-state index < -0.39 is 0 Å². The zero-order valence-electron chi connectivity index (χ0n) is 14.7. The van der Waals surface area contributed by atoms with Crippen LogP contribution in [-0.4, -0.2) is 30.5 Å². The lowest BCUT2D eigenvalue weighted by Crippen LogP contribution is -2.34. The highest BCUT2D eigenvalue weighted by molar-refractivity contribution is 5.94. The minimum Gasteiger partial charge on any atom is -0.357 e. The summed E-state index contributed by atoms with van der Waals surface area (Å²) in [6, 6.07) is 13.3. The van der Waals surface area contributed by atoms with Gasteiger partial charge >= 0.3 is 0 Å². The lowest BCUT2D eigenvalue weighted by Gasteiger charge is -2.31. The van der Waals surface area contributed by atoms with Gasteiger partial charge in [-0.2, -0.15) is 0 Å². The van der Waals surface area contributed by atoms with Crippen molar-refractivity contribution in [2.24, 2.45) is 11.7 Å². The van der Waals surface area contributed by atoms with E-state index in [4.69, 9.17) is 5.73 Å². The number of hydrogen-bond acceptors (Lipinski definition) is 4. The average molecular weight is 338 g/mol. The van der Waals surface area contributed by atoms with Gasteiger partial charge in [-0.1, -0.05) is 37.3 Å². The van der Waals surface area contributed by atoms with Gasteiger partial charge in [0, 0.05) is 31.9 Å². The molecule has 1 aliphatic rings. The molecule has 1 aliphatic heterocycles. The summed E-state index contributed by atoms with van der Waals surface area (Å²) in [4.78, 5) is 19.0. The van der Waals surface area contributed by atoms with Gasteiger partial charge in [-0.05, 0) is 36.5 Å². The lowest BCUT2D eigenvalue weighted by molar-refractivity contribution is 0.0951. The van der Waals surface area contributed by atoms with E-state index in [9.17, 15) is 4.79 Å². The maximum Gasteiger partial charge on any atom is 0.252 e. The summed E-state index contributed by atoms with van der Waals surface area (Å²) in [5, 5.41) is 2.88. The van der Waals surface area contributed by atoms with E-state index in [1.807, 2.05) is 42.5 Å². The fourth-order valence-electron chi connectivity index (χ4n) is 3.07. The molecule has 0 radical (unpaired) electrons. The molecule has 1 saturated heterocycles. The Kier molecular flexibility index (Phi) is 5.66. The van der Waals surface area contributed by atoms with Gasteiger partial charge in [0.1, 0.15) is 5.82 Å². The number of nitrogens with zero attached hydrogens (tertiary/aromatic N) is 2. The molecular formula is C20H26N4O. The molecule has 0 saturated carbocycles. The Hall–Kier alpha value is -2.40. The normalized spacial score (nSPS) is 16.5. The van der Waals surface area contributed by atoms with Gasteiger partial charge in [0.2, 0.25) is 0 Å². The van der Waals surface area contributed by atoms with Gasteiger partial charge in [0.05, 0.1) is 5.56 Å². The van der Waals surface area contributed by atoms with Gasteiger partial charge in [-0.3, -0.25) is 4.79 Å². The zero-order chi connectivity index (χ0) is 17.6. The summed E-state index contributed by atoms with van der Waals surface area (Å²) in [5.74, 6) is 1.59. The van der Waals surface area contributed by atoms with E-state index in [2.05, 4.69) is 22.1 Å². The highest BCUT2D eigenvalue weighted by Gasteiger charge is 2.17. The minimum atomic E-state index is -0.215. The largest absolute Gasteiger partial charge is 0.357 e. The first-order valence-corrected chi connectivity index (χ1v) is 8.93. The summed E-state index contributed by atoms with van der Waals surface area (Å²) >= 11 is 0. The minimum absolute atomic E-state index is 0.141. The first kappa shape index (κ1) is 17.4. The number of aromatic nitrogens is 1. The van der Waals surface area contributed by atoms with Crippen LogP contribution in [0.3, 0.4) is 0 Å². The van der Waals surface area contributed by atoms with E-state index in [-0.39, 0.29) is 11.9 Å². The van der Waals surface area contributed by atoms with Crippen molar-refractivity contribution in [2.75, 3.05) is 24.5 Å². The van der Waals surface area contributed by atoms with Crippen LogP contribution in [0.1, 0.15) is 41.7 Å². The molecule has 0 aliphatic carbocycles. The van der Waals surface area contributed by atoms with Crippen LogP contribution in [0.15, 0.2) is 48.7 Å². The number of piperidine rings is 1. The zero-order valence-corrected chi connectivity index (χ0v) is 14.7. The molecule has 132 valence electrons. The van der Waals surface area contributed by atoms with Crippen molar-refractivity contribution in [1.82, 2.24) is 10.3 Å². The van der Waals surface area contributed by atoms with Gasteiger partial charge < -0.3 is 16.0 Å². The summed E-state index contributed by atoms with van der Waals surface area (Å²) in [5.41, 5.74) is 7.69. The quantitative estimate of drug-likeness (QED) is 0.879. The summed E-state index contributed by atoms with van der Waals surface area (Å²) in [7, 11) is 0. The molecular weight excluding hydrogens is 312 g/mol. The van der Waals surface area contributed by atoms with Crippen molar-refractivity contribution in [3.05, 3.63) is 59.8 Å². The molecule has 3 rings (SSSR count). The smallest absolute Gasteiger partial charge is 0.252 e. The van der Waals surface area contributed by atoms with E-state index in [1.165, 1.54) is 12.8 Å². The molecule has 1 amide bonds. The number of carbonyl (C=O) groups excluding carboxylic acids is 1. The first-order valence-electron chi connectivity index (χ1n) is 8.93. The Balaban J connectivity index is 1.54. The van der Waals surface area contributed by atoms with Crippen LogP contribution in [0.2, 0.25) is 0 Å². The third-order valence-corrected chi connectivity index (χ3v) is 4.83. The molecule has 1 fully saturated rings. The Bertz CT molecular complexity index is 679. The van der Waals surface area contributed by atoms with E-state index in [0.29, 0.717) is 12.1 Å². The molecule has 5 heteroatoms. The summed E-state index contributed by atoms with van der Waals surface area (Å²) in [6.45, 7) is 4.75.